The van der Waals surface area contributed by atoms with E-state index in [0.29, 0.717) is 12.8 Å². The molecule has 0 spiro atoms. The van der Waals surface area contributed by atoms with Gasteiger partial charge in [0.05, 0.1) is 38.6 Å². The summed E-state index contributed by atoms with van der Waals surface area (Å²) < 4.78 is 34.3. The van der Waals surface area contributed by atoms with E-state index in [1.165, 1.54) is 38.5 Å². The Balaban J connectivity index is 1.45. The summed E-state index contributed by atoms with van der Waals surface area (Å²) in [5.74, 6) is -0.340. The van der Waals surface area contributed by atoms with Crippen molar-refractivity contribution < 1.29 is 89.4 Å². The number of aliphatic hydroxyl groups is 11. The van der Waals surface area contributed by atoms with Crippen LogP contribution in [0.5, 0.6) is 0 Å². The lowest BCUT2D eigenvalue weighted by Gasteiger charge is -2.48. The lowest BCUT2D eigenvalue weighted by Crippen LogP contribution is -2.66. The molecule has 19 heteroatoms. The normalized spacial score (nSPS) is 28.4. The van der Waals surface area contributed by atoms with Gasteiger partial charge in [-0.3, -0.25) is 4.79 Å². The van der Waals surface area contributed by atoms with E-state index in [1.807, 2.05) is 6.08 Å². The second kappa shape index (κ2) is 54.4. The van der Waals surface area contributed by atoms with Crippen molar-refractivity contribution in [3.63, 3.8) is 0 Å². The number of ether oxygens (including phenoxy) is 6. The largest absolute Gasteiger partial charge is 0.394 e. The molecule has 3 rings (SSSR count). The molecule has 17 atom stereocenters. The van der Waals surface area contributed by atoms with Crippen LogP contribution in [0.25, 0.3) is 0 Å². The van der Waals surface area contributed by atoms with Gasteiger partial charge in [0.25, 0.3) is 0 Å². The molecular weight excluding hydrogens is 1200 g/mol. The van der Waals surface area contributed by atoms with Gasteiger partial charge in [0.15, 0.2) is 18.9 Å². The van der Waals surface area contributed by atoms with Crippen LogP contribution in [0.4, 0.5) is 0 Å². The summed E-state index contributed by atoms with van der Waals surface area (Å²) in [6.07, 6.45) is 52.2. The summed E-state index contributed by atoms with van der Waals surface area (Å²) >= 11 is 0. The summed E-state index contributed by atoms with van der Waals surface area (Å²) in [5.41, 5.74) is 0. The van der Waals surface area contributed by atoms with Gasteiger partial charge in [-0.05, 0) is 122 Å². The minimum Gasteiger partial charge on any atom is -0.394 e. The first kappa shape index (κ1) is 83.6. The van der Waals surface area contributed by atoms with Crippen LogP contribution in [0.1, 0.15) is 174 Å². The fourth-order valence-electron chi connectivity index (χ4n) is 10.4. The first-order chi connectivity index (χ1) is 45.8. The third kappa shape index (κ3) is 35.6. The minimum absolute atomic E-state index is 0.165. The number of aliphatic hydroxyl groups excluding tert-OH is 11. The highest BCUT2D eigenvalue weighted by Crippen LogP contribution is 2.33. The molecule has 3 heterocycles. The smallest absolute Gasteiger partial charge is 0.220 e. The number of nitrogens with one attached hydrogen (secondary N) is 1. The van der Waals surface area contributed by atoms with Crippen molar-refractivity contribution in [3.05, 3.63) is 158 Å². The Kier molecular flexibility index (Phi) is 48.4. The van der Waals surface area contributed by atoms with Gasteiger partial charge in [0.2, 0.25) is 5.91 Å². The first-order valence-electron chi connectivity index (χ1n) is 34.7. The molecule has 532 valence electrons. The Labute approximate surface area is 561 Å². The summed E-state index contributed by atoms with van der Waals surface area (Å²) in [7, 11) is 0. The van der Waals surface area contributed by atoms with E-state index < -0.39 is 131 Å². The van der Waals surface area contributed by atoms with E-state index >= 15 is 0 Å². The Hall–Kier alpha value is -4.59. The number of allylic oxidation sites excluding steroid dienone is 25. The molecule has 3 aliphatic heterocycles. The second-order valence-corrected chi connectivity index (χ2v) is 23.9. The highest BCUT2D eigenvalue weighted by atomic mass is 16.8. The number of hydrogen-bond acceptors (Lipinski definition) is 18. The van der Waals surface area contributed by atoms with E-state index in [-0.39, 0.29) is 12.3 Å². The monoisotopic (exact) mass is 1320 g/mol. The Bertz CT molecular complexity index is 2320. The quantitative estimate of drug-likeness (QED) is 0.0199. The van der Waals surface area contributed by atoms with E-state index in [9.17, 15) is 61.0 Å². The standard InChI is InChI=1S/C75H119NO18/c1-3-5-7-9-11-13-15-17-19-21-22-23-24-25-26-27-28-29-30-31-32-33-34-35-36-37-39-41-43-45-47-49-51-53-63(81)76-58(59(80)52-50-48-46-44-42-40-38-20-18-16-14-12-10-8-6-4-2)57-89-73-69(87)66(84)71(61(55-78)91-73)94-75-70(88)67(85)72(62(56-79)92-75)93-74-68(86)65(83)64(82)60(54-77)90-74/h5,7,11,13,17-20,22-23,25-26,28-29,31-32,34-35,37,39,42-45,50,52,58-62,64-75,77-80,82-88H,3-4,6,8-10,12,14-16,21,24,27,30,33,36,38,40-41,46-49,51,53-57H2,1-2H3,(H,76,81)/b7-5-,13-11-,19-17-,20-18+,23-22-,26-25-,29-28-,32-31-,35-34-,39-37-,44-42+,45-43-,52-50+. The van der Waals surface area contributed by atoms with E-state index in [0.717, 1.165) is 103 Å². The molecular formula is C75H119NO18. The molecule has 0 aliphatic carbocycles. The van der Waals surface area contributed by atoms with Crippen LogP contribution in [-0.2, 0) is 33.2 Å². The third-order valence-corrected chi connectivity index (χ3v) is 16.0. The molecule has 94 heavy (non-hydrogen) atoms. The molecule has 0 aromatic heterocycles. The molecule has 0 aromatic rings. The van der Waals surface area contributed by atoms with Crippen LogP contribution in [0, 0.1) is 0 Å². The first-order valence-corrected chi connectivity index (χ1v) is 34.7. The zero-order valence-corrected chi connectivity index (χ0v) is 56.1. The molecule has 3 saturated heterocycles. The molecule has 1 amide bonds. The maximum atomic E-state index is 13.4. The predicted octanol–water partition coefficient (Wildman–Crippen LogP) is 9.32. The van der Waals surface area contributed by atoms with Gasteiger partial charge >= 0.3 is 0 Å². The zero-order valence-electron chi connectivity index (χ0n) is 56.1. The molecule has 0 bridgehead atoms. The van der Waals surface area contributed by atoms with Crippen LogP contribution >= 0.6 is 0 Å². The Morgan fingerprint density at radius 2 is 0.745 bits per heavy atom. The lowest BCUT2D eigenvalue weighted by molar-refractivity contribution is -0.379. The van der Waals surface area contributed by atoms with Gasteiger partial charge in [0.1, 0.15) is 73.2 Å². The number of carbonyl (C=O) groups excluding carboxylic acids is 1. The SMILES string of the molecule is CC/C=C\C/C=C\C/C=C\C/C=C\C/C=C\C/C=C\C/C=C\C/C=C\C/C=C\C/C=C\CCCCC(=O)NC(COC1OC(CO)C(OC2OC(CO)C(OC3OC(CO)C(O)C(O)C3O)C(O)C2O)C(O)C1O)C(O)/C=C/CC/C=C/CC/C=C/CCCCCCCC. The maximum Gasteiger partial charge on any atom is 0.220 e. The van der Waals surface area contributed by atoms with Crippen molar-refractivity contribution >= 4 is 5.91 Å². The van der Waals surface area contributed by atoms with Crippen molar-refractivity contribution in [2.45, 2.75) is 279 Å². The fraction of sp³-hybridized carbons (Fsp3) is 0.640. The zero-order chi connectivity index (χ0) is 68.2. The van der Waals surface area contributed by atoms with Crippen molar-refractivity contribution in [1.82, 2.24) is 5.32 Å². The molecule has 0 radical (unpaired) electrons. The molecule has 0 saturated carbocycles. The van der Waals surface area contributed by atoms with Gasteiger partial charge in [-0.2, -0.15) is 0 Å². The summed E-state index contributed by atoms with van der Waals surface area (Å²) in [4.78, 5) is 13.4. The summed E-state index contributed by atoms with van der Waals surface area (Å²) in [6, 6.07) is -1.03. The number of rotatable bonds is 50. The molecule has 17 unspecified atom stereocenters. The van der Waals surface area contributed by atoms with Gasteiger partial charge in [-0.1, -0.05) is 204 Å². The topological polar surface area (TPSA) is 307 Å². The van der Waals surface area contributed by atoms with Crippen molar-refractivity contribution in [1.29, 1.82) is 0 Å². The van der Waals surface area contributed by atoms with Crippen LogP contribution in [-0.4, -0.2) is 193 Å². The lowest BCUT2D eigenvalue weighted by atomic mass is 9.96. The number of unbranched alkanes of at least 4 members (excludes halogenated alkanes) is 10. The molecule has 19 nitrogen and oxygen atoms in total. The number of hydrogen-bond donors (Lipinski definition) is 12. The second-order valence-electron chi connectivity index (χ2n) is 23.9. The Morgan fingerprint density at radius 1 is 0.394 bits per heavy atom. The van der Waals surface area contributed by atoms with Gasteiger partial charge in [-0.15, -0.1) is 0 Å². The molecule has 0 aromatic carbocycles. The minimum atomic E-state index is -2.00. The average Bonchev–Trinajstić information content (AvgIpc) is 0.787. The highest BCUT2D eigenvalue weighted by molar-refractivity contribution is 5.76. The van der Waals surface area contributed by atoms with Crippen molar-refractivity contribution in [2.75, 3.05) is 26.4 Å². The van der Waals surface area contributed by atoms with E-state index in [2.05, 4.69) is 165 Å². The van der Waals surface area contributed by atoms with Crippen LogP contribution in [0.2, 0.25) is 0 Å². The van der Waals surface area contributed by atoms with Crippen molar-refractivity contribution in [2.24, 2.45) is 0 Å². The van der Waals surface area contributed by atoms with Gasteiger partial charge in [-0.25, -0.2) is 0 Å². The maximum absolute atomic E-state index is 13.4. The summed E-state index contributed by atoms with van der Waals surface area (Å²) in [5, 5.41) is 120. The fourth-order valence-corrected chi connectivity index (χ4v) is 10.4. The Morgan fingerprint density at radius 3 is 1.19 bits per heavy atom. The van der Waals surface area contributed by atoms with Crippen LogP contribution < -0.4 is 5.32 Å². The average molecular weight is 1320 g/mol. The van der Waals surface area contributed by atoms with Crippen LogP contribution in [0.3, 0.4) is 0 Å². The van der Waals surface area contributed by atoms with E-state index in [1.54, 1.807) is 6.08 Å². The molecule has 3 aliphatic rings. The van der Waals surface area contributed by atoms with Crippen molar-refractivity contribution in [3.8, 4) is 0 Å². The summed E-state index contributed by atoms with van der Waals surface area (Å²) in [6.45, 7) is 1.51. The highest BCUT2D eigenvalue weighted by Gasteiger charge is 2.53. The molecule has 3 fully saturated rings. The van der Waals surface area contributed by atoms with E-state index in [4.69, 9.17) is 28.4 Å². The predicted molar refractivity (Wildman–Crippen MR) is 369 cm³/mol. The van der Waals surface area contributed by atoms with Crippen LogP contribution in [0.15, 0.2) is 158 Å². The third-order valence-electron chi connectivity index (χ3n) is 16.0. The number of carbonyl (C=O) groups is 1. The molecule has 12 N–H and O–H groups in total. The van der Waals surface area contributed by atoms with Gasteiger partial charge < -0.3 is 89.9 Å². The van der Waals surface area contributed by atoms with Gasteiger partial charge in [0, 0.05) is 6.42 Å². The number of amides is 1.